The lowest BCUT2D eigenvalue weighted by molar-refractivity contribution is 0.104. The van der Waals surface area contributed by atoms with E-state index in [1.165, 1.54) is 26.6 Å². The van der Waals surface area contributed by atoms with Crippen molar-refractivity contribution in [3.8, 4) is 17.2 Å². The highest BCUT2D eigenvalue weighted by Gasteiger charge is 2.26. The Morgan fingerprint density at radius 1 is 1.07 bits per heavy atom. The molecule has 0 aliphatic rings. The number of carbonyl (C=O) groups excluding carboxylic acids is 1. The second-order valence-corrected chi connectivity index (χ2v) is 6.41. The highest BCUT2D eigenvalue weighted by Crippen LogP contribution is 2.45. The maximum atomic E-state index is 12.9. The molecule has 3 aromatic rings. The molecule has 0 saturated heterocycles. The number of furan rings is 1. The van der Waals surface area contributed by atoms with Crippen LogP contribution in [0.25, 0.3) is 17.0 Å². The molecule has 6 heteroatoms. The fourth-order valence-electron chi connectivity index (χ4n) is 3.40. The largest absolute Gasteiger partial charge is 0.504 e. The van der Waals surface area contributed by atoms with Crippen LogP contribution in [-0.2, 0) is 0 Å². The van der Waals surface area contributed by atoms with E-state index in [1.807, 2.05) is 24.3 Å². The zero-order valence-electron chi connectivity index (χ0n) is 17.1. The van der Waals surface area contributed by atoms with E-state index in [2.05, 4.69) is 18.7 Å². The molecule has 0 unspecified atom stereocenters. The van der Waals surface area contributed by atoms with E-state index in [9.17, 15) is 9.90 Å². The molecular weight excluding hydrogens is 370 g/mol. The van der Waals surface area contributed by atoms with Gasteiger partial charge in [-0.05, 0) is 43.7 Å². The van der Waals surface area contributed by atoms with Crippen LogP contribution >= 0.6 is 0 Å². The van der Waals surface area contributed by atoms with Gasteiger partial charge in [-0.25, -0.2) is 0 Å². The molecule has 29 heavy (non-hydrogen) atoms. The van der Waals surface area contributed by atoms with Gasteiger partial charge in [0.05, 0.1) is 25.9 Å². The Labute approximate surface area is 170 Å². The summed E-state index contributed by atoms with van der Waals surface area (Å²) in [5.41, 5.74) is 2.38. The maximum Gasteiger partial charge on any atom is 0.205 e. The molecule has 6 nitrogen and oxygen atoms in total. The van der Waals surface area contributed by atoms with E-state index in [-0.39, 0.29) is 22.8 Å². The first-order valence-corrected chi connectivity index (χ1v) is 9.47. The van der Waals surface area contributed by atoms with Gasteiger partial charge in [0.25, 0.3) is 0 Å². The quantitative estimate of drug-likeness (QED) is 0.432. The molecular formula is C23H25NO5. The third-order valence-electron chi connectivity index (χ3n) is 4.90. The van der Waals surface area contributed by atoms with Crippen LogP contribution in [-0.4, -0.2) is 38.2 Å². The summed E-state index contributed by atoms with van der Waals surface area (Å²) < 4.78 is 16.0. The van der Waals surface area contributed by atoms with E-state index < -0.39 is 5.78 Å². The van der Waals surface area contributed by atoms with Crippen LogP contribution in [0.3, 0.4) is 0 Å². The molecule has 0 bridgehead atoms. The second kappa shape index (κ2) is 8.73. The number of anilines is 1. The van der Waals surface area contributed by atoms with E-state index in [4.69, 9.17) is 13.9 Å². The number of phenolic OH excluding ortho intramolecular Hbond substituents is 1. The van der Waals surface area contributed by atoms with Crippen LogP contribution in [0.4, 0.5) is 5.69 Å². The average Bonchev–Trinajstić information content (AvgIpc) is 3.22. The van der Waals surface area contributed by atoms with Crippen molar-refractivity contribution in [2.75, 3.05) is 32.2 Å². The fraction of sp³-hybridized carbons (Fsp3) is 0.261. The van der Waals surface area contributed by atoms with Gasteiger partial charge < -0.3 is 23.9 Å². The number of benzene rings is 2. The summed E-state index contributed by atoms with van der Waals surface area (Å²) in [7, 11) is 2.85. The number of fused-ring (bicyclic) bond motifs is 1. The van der Waals surface area contributed by atoms with Crippen LogP contribution in [0.2, 0.25) is 0 Å². The van der Waals surface area contributed by atoms with E-state index in [0.717, 1.165) is 24.3 Å². The number of ketones is 1. The highest BCUT2D eigenvalue weighted by atomic mass is 16.5. The van der Waals surface area contributed by atoms with Gasteiger partial charge in [0, 0.05) is 18.8 Å². The van der Waals surface area contributed by atoms with Gasteiger partial charge in [-0.2, -0.15) is 0 Å². The number of phenols is 1. The van der Waals surface area contributed by atoms with Crippen LogP contribution in [0.15, 0.2) is 47.1 Å². The van der Waals surface area contributed by atoms with Gasteiger partial charge in [-0.3, -0.25) is 4.79 Å². The molecule has 1 aromatic heterocycles. The summed E-state index contributed by atoms with van der Waals surface area (Å²) in [5.74, 6) is -0.350. The third-order valence-corrected chi connectivity index (χ3v) is 4.90. The Morgan fingerprint density at radius 2 is 1.72 bits per heavy atom. The number of ether oxygens (including phenoxy) is 2. The summed E-state index contributed by atoms with van der Waals surface area (Å²) in [5, 5.41) is 11.2. The monoisotopic (exact) mass is 395 g/mol. The molecule has 0 radical (unpaired) electrons. The average molecular weight is 395 g/mol. The minimum atomic E-state index is -0.395. The molecule has 0 atom stereocenters. The molecule has 0 fully saturated rings. The van der Waals surface area contributed by atoms with Crippen molar-refractivity contribution in [2.24, 2.45) is 0 Å². The number of rotatable bonds is 8. The van der Waals surface area contributed by atoms with Crippen molar-refractivity contribution in [1.82, 2.24) is 0 Å². The molecule has 1 heterocycles. The Balaban J connectivity index is 1.95. The summed E-state index contributed by atoms with van der Waals surface area (Å²) >= 11 is 0. The number of aromatic hydroxyl groups is 1. The highest BCUT2D eigenvalue weighted by molar-refractivity contribution is 6.15. The molecule has 0 amide bonds. The fourth-order valence-corrected chi connectivity index (χ4v) is 3.40. The first-order chi connectivity index (χ1) is 14.0. The van der Waals surface area contributed by atoms with E-state index in [1.54, 1.807) is 12.1 Å². The number of carbonyl (C=O) groups is 1. The minimum absolute atomic E-state index is 0.0364. The van der Waals surface area contributed by atoms with Crippen molar-refractivity contribution >= 4 is 28.5 Å². The zero-order valence-corrected chi connectivity index (χ0v) is 17.1. The van der Waals surface area contributed by atoms with Gasteiger partial charge in [-0.15, -0.1) is 0 Å². The van der Waals surface area contributed by atoms with Crippen molar-refractivity contribution in [1.29, 1.82) is 0 Å². The number of hydrogen-bond donors (Lipinski definition) is 1. The number of hydrogen-bond acceptors (Lipinski definition) is 6. The molecule has 0 aliphatic carbocycles. The Morgan fingerprint density at radius 3 is 2.31 bits per heavy atom. The third kappa shape index (κ3) is 3.78. The van der Waals surface area contributed by atoms with Crippen molar-refractivity contribution < 1.29 is 23.8 Å². The Kier molecular flexibility index (Phi) is 6.12. The molecule has 0 saturated carbocycles. The van der Waals surface area contributed by atoms with Gasteiger partial charge >= 0.3 is 0 Å². The van der Waals surface area contributed by atoms with Gasteiger partial charge in [-0.1, -0.05) is 18.2 Å². The SMILES string of the molecule is CCN(CC)c1ccc(/C=C/C(=O)c2c(O)c(OC)c3occc3c2OC)cc1. The molecule has 152 valence electrons. The lowest BCUT2D eigenvalue weighted by Gasteiger charge is -2.20. The molecule has 2 aromatic carbocycles. The first kappa shape index (κ1) is 20.3. The maximum absolute atomic E-state index is 12.9. The standard InChI is InChI=1S/C23H25NO5/c1-5-24(6-2)16-10-7-15(8-11-16)9-12-18(25)19-20(26)23(28-4)22-17(13-14-29-22)21(19)27-3/h7-14,26H,5-6H2,1-4H3/b12-9+. The lowest BCUT2D eigenvalue weighted by atomic mass is 10.0. The molecule has 0 aliphatic heterocycles. The summed E-state index contributed by atoms with van der Waals surface area (Å²) in [6.07, 6.45) is 4.57. The van der Waals surface area contributed by atoms with Crippen molar-refractivity contribution in [2.45, 2.75) is 13.8 Å². The van der Waals surface area contributed by atoms with Gasteiger partial charge in [0.2, 0.25) is 5.75 Å². The van der Waals surface area contributed by atoms with Crippen LogP contribution in [0, 0.1) is 0 Å². The van der Waals surface area contributed by atoms with Gasteiger partial charge in [0.15, 0.2) is 17.1 Å². The lowest BCUT2D eigenvalue weighted by Crippen LogP contribution is -2.21. The second-order valence-electron chi connectivity index (χ2n) is 6.41. The van der Waals surface area contributed by atoms with Crippen LogP contribution in [0.1, 0.15) is 29.8 Å². The number of methoxy groups -OCH3 is 2. The molecule has 0 spiro atoms. The van der Waals surface area contributed by atoms with Crippen LogP contribution < -0.4 is 14.4 Å². The number of nitrogens with zero attached hydrogens (tertiary/aromatic N) is 1. The molecule has 1 N–H and O–H groups in total. The van der Waals surface area contributed by atoms with Gasteiger partial charge in [0.1, 0.15) is 11.3 Å². The Hall–Kier alpha value is -3.41. The van der Waals surface area contributed by atoms with E-state index in [0.29, 0.717) is 11.0 Å². The topological polar surface area (TPSA) is 72.1 Å². The normalized spacial score (nSPS) is 11.2. The number of allylic oxidation sites excluding steroid dienone is 1. The van der Waals surface area contributed by atoms with E-state index >= 15 is 0 Å². The summed E-state index contributed by atoms with van der Waals surface area (Å²) in [6.45, 7) is 6.09. The van der Waals surface area contributed by atoms with Crippen molar-refractivity contribution in [3.63, 3.8) is 0 Å². The summed E-state index contributed by atoms with van der Waals surface area (Å²) in [6, 6.07) is 9.62. The van der Waals surface area contributed by atoms with Crippen LogP contribution in [0.5, 0.6) is 17.2 Å². The van der Waals surface area contributed by atoms with Crippen molar-refractivity contribution in [3.05, 3.63) is 53.8 Å². The summed E-state index contributed by atoms with van der Waals surface area (Å²) in [4.78, 5) is 15.1. The predicted octanol–water partition coefficient (Wildman–Crippen LogP) is 4.90. The molecule has 3 rings (SSSR count). The Bertz CT molecular complexity index is 1030. The predicted molar refractivity (Wildman–Crippen MR) is 114 cm³/mol. The zero-order chi connectivity index (χ0) is 21.0. The first-order valence-electron chi connectivity index (χ1n) is 9.47. The smallest absolute Gasteiger partial charge is 0.205 e. The minimum Gasteiger partial charge on any atom is -0.504 e.